The highest BCUT2D eigenvalue weighted by Crippen LogP contribution is 2.32. The Morgan fingerprint density at radius 1 is 1.15 bits per heavy atom. The molecule has 0 aromatic heterocycles. The first kappa shape index (κ1) is 14.3. The molecule has 1 unspecified atom stereocenters. The molecule has 0 saturated heterocycles. The highest BCUT2D eigenvalue weighted by Gasteiger charge is 2.11. The summed E-state index contributed by atoms with van der Waals surface area (Å²) in [4.78, 5) is 0. The summed E-state index contributed by atoms with van der Waals surface area (Å²) < 4.78 is 5.09. The number of halogens is 1. The van der Waals surface area contributed by atoms with Crippen LogP contribution in [0.25, 0.3) is 0 Å². The topological polar surface area (TPSA) is 61.7 Å². The Hall–Kier alpha value is -2.07. The third-order valence-corrected chi connectivity index (χ3v) is 3.31. The van der Waals surface area contributed by atoms with Gasteiger partial charge in [0.1, 0.15) is 17.2 Å². The normalized spacial score (nSPS) is 11.9. The lowest BCUT2D eigenvalue weighted by Crippen LogP contribution is -2.06. The van der Waals surface area contributed by atoms with Gasteiger partial charge in [0.15, 0.2) is 0 Å². The Kier molecular flexibility index (Phi) is 4.25. The van der Waals surface area contributed by atoms with Crippen LogP contribution < -0.4 is 10.1 Å². The van der Waals surface area contributed by atoms with Crippen molar-refractivity contribution in [3.8, 4) is 17.2 Å². The third kappa shape index (κ3) is 3.08. The van der Waals surface area contributed by atoms with Gasteiger partial charge >= 0.3 is 0 Å². The average molecular weight is 294 g/mol. The maximum atomic E-state index is 9.83. The Balaban J connectivity index is 2.18. The minimum atomic E-state index is -0.139. The minimum absolute atomic E-state index is 0.0333. The van der Waals surface area contributed by atoms with Gasteiger partial charge in [-0.15, -0.1) is 0 Å². The summed E-state index contributed by atoms with van der Waals surface area (Å²) >= 11 is 6.06. The van der Waals surface area contributed by atoms with Gasteiger partial charge in [-0.3, -0.25) is 0 Å². The zero-order valence-electron chi connectivity index (χ0n) is 11.2. The second-order valence-corrected chi connectivity index (χ2v) is 4.87. The number of hydrogen-bond donors (Lipinski definition) is 3. The fourth-order valence-corrected chi connectivity index (χ4v) is 2.24. The van der Waals surface area contributed by atoms with E-state index in [2.05, 4.69) is 5.32 Å². The zero-order chi connectivity index (χ0) is 14.7. The lowest BCUT2D eigenvalue weighted by atomic mass is 10.1. The van der Waals surface area contributed by atoms with Crippen LogP contribution in [0, 0.1) is 0 Å². The van der Waals surface area contributed by atoms with E-state index in [1.54, 1.807) is 25.3 Å². The van der Waals surface area contributed by atoms with Gasteiger partial charge in [-0.25, -0.2) is 0 Å². The number of ether oxygens (including phenoxy) is 1. The summed E-state index contributed by atoms with van der Waals surface area (Å²) in [7, 11) is 1.56. The van der Waals surface area contributed by atoms with Gasteiger partial charge in [0.2, 0.25) is 0 Å². The summed E-state index contributed by atoms with van der Waals surface area (Å²) in [5.74, 6) is 0.688. The molecule has 0 saturated carbocycles. The van der Waals surface area contributed by atoms with Gasteiger partial charge in [0, 0.05) is 17.3 Å². The number of phenols is 2. The van der Waals surface area contributed by atoms with Crippen LogP contribution in [-0.4, -0.2) is 17.3 Å². The summed E-state index contributed by atoms with van der Waals surface area (Å²) in [5.41, 5.74) is 1.51. The lowest BCUT2D eigenvalue weighted by Gasteiger charge is -2.17. The van der Waals surface area contributed by atoms with Crippen LogP contribution in [0.3, 0.4) is 0 Å². The molecule has 0 fully saturated rings. The zero-order valence-corrected chi connectivity index (χ0v) is 12.0. The van der Waals surface area contributed by atoms with Crippen LogP contribution in [0.4, 0.5) is 5.69 Å². The highest BCUT2D eigenvalue weighted by molar-refractivity contribution is 6.32. The van der Waals surface area contributed by atoms with E-state index in [1.165, 1.54) is 12.1 Å². The summed E-state index contributed by atoms with van der Waals surface area (Å²) in [6.07, 6.45) is 0. The molecule has 20 heavy (non-hydrogen) atoms. The Bertz CT molecular complexity index is 616. The van der Waals surface area contributed by atoms with Crippen LogP contribution >= 0.6 is 11.6 Å². The van der Waals surface area contributed by atoms with Crippen LogP contribution in [0.1, 0.15) is 18.5 Å². The molecule has 2 aromatic carbocycles. The monoisotopic (exact) mass is 293 g/mol. The van der Waals surface area contributed by atoms with Crippen LogP contribution in [0.2, 0.25) is 5.02 Å². The Morgan fingerprint density at radius 2 is 1.90 bits per heavy atom. The van der Waals surface area contributed by atoms with E-state index in [0.29, 0.717) is 16.3 Å². The first-order chi connectivity index (χ1) is 9.51. The second-order valence-electron chi connectivity index (χ2n) is 4.46. The predicted molar refractivity (Wildman–Crippen MR) is 79.8 cm³/mol. The third-order valence-electron chi connectivity index (χ3n) is 3.02. The second kappa shape index (κ2) is 5.92. The van der Waals surface area contributed by atoms with E-state index in [1.807, 2.05) is 13.0 Å². The predicted octanol–water partition coefficient (Wildman–Crippen LogP) is 3.93. The van der Waals surface area contributed by atoms with Crippen molar-refractivity contribution in [1.29, 1.82) is 0 Å². The maximum absolute atomic E-state index is 9.83. The van der Waals surface area contributed by atoms with E-state index in [-0.39, 0.29) is 17.5 Å². The molecule has 0 bridgehead atoms. The van der Waals surface area contributed by atoms with E-state index in [4.69, 9.17) is 16.3 Å². The van der Waals surface area contributed by atoms with Crippen molar-refractivity contribution < 1.29 is 14.9 Å². The molecule has 0 aliphatic carbocycles. The highest BCUT2D eigenvalue weighted by atomic mass is 35.5. The number of aromatic hydroxyl groups is 2. The van der Waals surface area contributed by atoms with Crippen molar-refractivity contribution in [1.82, 2.24) is 0 Å². The molecular weight excluding hydrogens is 278 g/mol. The van der Waals surface area contributed by atoms with Crippen LogP contribution in [0.5, 0.6) is 17.2 Å². The first-order valence-corrected chi connectivity index (χ1v) is 6.51. The first-order valence-electron chi connectivity index (χ1n) is 6.13. The number of nitrogens with one attached hydrogen (secondary N) is 1. The molecular formula is C15H16ClNO3. The van der Waals surface area contributed by atoms with Crippen molar-refractivity contribution in [2.24, 2.45) is 0 Å². The molecule has 0 spiro atoms. The Labute approximate surface area is 122 Å². The van der Waals surface area contributed by atoms with Crippen LogP contribution in [0.15, 0.2) is 36.4 Å². The van der Waals surface area contributed by atoms with Gasteiger partial charge in [-0.1, -0.05) is 11.6 Å². The number of rotatable bonds is 4. The van der Waals surface area contributed by atoms with Crippen molar-refractivity contribution in [3.05, 3.63) is 47.0 Å². The fourth-order valence-electron chi connectivity index (χ4n) is 1.98. The molecule has 2 rings (SSSR count). The smallest absolute Gasteiger partial charge is 0.137 e. The summed E-state index contributed by atoms with van der Waals surface area (Å²) in [5, 5.41) is 22.9. The quantitative estimate of drug-likeness (QED) is 0.799. The number of benzene rings is 2. The molecule has 106 valence electrons. The number of phenolic OH excluding ortho intramolecular Hbond substituents is 2. The van der Waals surface area contributed by atoms with Crippen molar-refractivity contribution in [3.63, 3.8) is 0 Å². The number of methoxy groups -OCH3 is 1. The van der Waals surface area contributed by atoms with E-state index < -0.39 is 0 Å². The Morgan fingerprint density at radius 3 is 2.50 bits per heavy atom. The van der Waals surface area contributed by atoms with Crippen molar-refractivity contribution >= 4 is 17.3 Å². The van der Waals surface area contributed by atoms with E-state index in [9.17, 15) is 10.2 Å². The van der Waals surface area contributed by atoms with Gasteiger partial charge in [-0.2, -0.15) is 0 Å². The van der Waals surface area contributed by atoms with Gasteiger partial charge in [-0.05, 0) is 37.3 Å². The van der Waals surface area contributed by atoms with Gasteiger partial charge < -0.3 is 20.3 Å². The molecule has 0 aliphatic rings. The van der Waals surface area contributed by atoms with E-state index >= 15 is 0 Å². The maximum Gasteiger partial charge on any atom is 0.137 e. The van der Waals surface area contributed by atoms with Crippen molar-refractivity contribution in [2.75, 3.05) is 12.4 Å². The van der Waals surface area contributed by atoms with Gasteiger partial charge in [0.05, 0.1) is 18.2 Å². The molecule has 0 amide bonds. The largest absolute Gasteiger partial charge is 0.508 e. The minimum Gasteiger partial charge on any atom is -0.508 e. The average Bonchev–Trinajstić information content (AvgIpc) is 2.38. The summed E-state index contributed by atoms with van der Waals surface area (Å²) in [6.45, 7) is 1.91. The van der Waals surface area contributed by atoms with Crippen LogP contribution in [-0.2, 0) is 0 Å². The molecule has 4 nitrogen and oxygen atoms in total. The van der Waals surface area contributed by atoms with E-state index in [0.717, 1.165) is 5.69 Å². The fraction of sp³-hybridized carbons (Fsp3) is 0.200. The van der Waals surface area contributed by atoms with Gasteiger partial charge in [0.25, 0.3) is 0 Å². The standard InChI is InChI=1S/C15H16ClNO3/c1-9(12-5-4-11(18)8-14(12)19)17-10-3-6-15(20-2)13(16)7-10/h3-9,17-19H,1-2H3. The lowest BCUT2D eigenvalue weighted by molar-refractivity contribution is 0.415. The molecule has 1 atom stereocenters. The molecule has 2 aromatic rings. The number of anilines is 1. The molecule has 0 radical (unpaired) electrons. The molecule has 3 N–H and O–H groups in total. The molecule has 0 heterocycles. The molecule has 0 aliphatic heterocycles. The SMILES string of the molecule is COc1ccc(NC(C)c2ccc(O)cc2O)cc1Cl. The number of hydrogen-bond acceptors (Lipinski definition) is 4. The molecule has 5 heteroatoms. The van der Waals surface area contributed by atoms with Crippen molar-refractivity contribution in [2.45, 2.75) is 13.0 Å². The summed E-state index contributed by atoms with van der Waals surface area (Å²) in [6, 6.07) is 9.76.